The van der Waals surface area contributed by atoms with E-state index in [0.29, 0.717) is 18.6 Å². The number of benzene rings is 2. The number of amides is 1. The summed E-state index contributed by atoms with van der Waals surface area (Å²) in [7, 11) is 1.19. The van der Waals surface area contributed by atoms with Gasteiger partial charge in [0.1, 0.15) is 16.9 Å². The molecule has 0 N–H and O–H groups in total. The Bertz CT molecular complexity index is 1160. The van der Waals surface area contributed by atoms with Gasteiger partial charge in [-0.3, -0.25) is 9.63 Å². The molecule has 1 aromatic heterocycles. The van der Waals surface area contributed by atoms with Crippen LogP contribution in [-0.4, -0.2) is 38.6 Å². The Morgan fingerprint density at radius 3 is 2.18 bits per heavy atom. The number of carbonyl (C=O) groups excluding carboxylic acids is 1. The van der Waals surface area contributed by atoms with Crippen molar-refractivity contribution >= 4 is 14.2 Å². The van der Waals surface area contributed by atoms with Crippen LogP contribution < -0.4 is 4.43 Å². The van der Waals surface area contributed by atoms with Gasteiger partial charge in [0.25, 0.3) is 5.91 Å². The lowest BCUT2D eigenvalue weighted by molar-refractivity contribution is -0.172. The first-order valence-corrected chi connectivity index (χ1v) is 14.6. The Kier molecular flexibility index (Phi) is 6.20. The summed E-state index contributed by atoms with van der Waals surface area (Å²) in [6.07, 6.45) is 1.40. The van der Waals surface area contributed by atoms with Crippen LogP contribution in [-0.2, 0) is 15.0 Å². The zero-order chi connectivity index (χ0) is 24.7. The first kappa shape index (κ1) is 24.2. The standard InChI is InChI=1S/C27H34N2O4Si/c1-26(2,3)34(6,7)33-21-15-13-20(14-16-21)23-22(19-11-9-8-10-12-19)24(32-28-23)27(17-18-27)25(30)29(4)31-5/h8-16H,17-18H2,1-7H3. The molecule has 1 aliphatic carbocycles. The molecule has 1 amide bonds. The summed E-state index contributed by atoms with van der Waals surface area (Å²) in [6, 6.07) is 18.0. The van der Waals surface area contributed by atoms with Crippen molar-refractivity contribution in [3.8, 4) is 28.1 Å². The maximum atomic E-state index is 13.1. The average Bonchev–Trinajstić information content (AvgIpc) is 3.49. The van der Waals surface area contributed by atoms with Crippen molar-refractivity contribution in [1.82, 2.24) is 10.2 Å². The number of hydrogen-bond donors (Lipinski definition) is 0. The van der Waals surface area contributed by atoms with Gasteiger partial charge >= 0.3 is 0 Å². The molecule has 34 heavy (non-hydrogen) atoms. The Hall–Kier alpha value is -2.90. The maximum Gasteiger partial charge on any atom is 0.259 e. The number of likely N-dealkylation sites (N-methyl/N-ethyl adjacent to an activating group) is 1. The predicted molar refractivity (Wildman–Crippen MR) is 136 cm³/mol. The zero-order valence-corrected chi connectivity index (χ0v) is 22.1. The topological polar surface area (TPSA) is 64.8 Å². The third-order valence-corrected chi connectivity index (χ3v) is 11.6. The van der Waals surface area contributed by atoms with E-state index in [4.69, 9.17) is 13.8 Å². The minimum atomic E-state index is -1.93. The summed E-state index contributed by atoms with van der Waals surface area (Å²) in [5, 5.41) is 5.85. The smallest absolute Gasteiger partial charge is 0.259 e. The number of hydrogen-bond acceptors (Lipinski definition) is 5. The van der Waals surface area contributed by atoms with Gasteiger partial charge in [0.2, 0.25) is 8.32 Å². The molecule has 1 heterocycles. The van der Waals surface area contributed by atoms with Crippen LogP contribution in [0.1, 0.15) is 39.4 Å². The monoisotopic (exact) mass is 478 g/mol. The molecule has 0 unspecified atom stereocenters. The predicted octanol–water partition coefficient (Wildman–Crippen LogP) is 6.44. The molecule has 3 aromatic rings. The number of hydroxylamine groups is 2. The Morgan fingerprint density at radius 2 is 1.65 bits per heavy atom. The van der Waals surface area contributed by atoms with Crippen LogP contribution in [0.5, 0.6) is 5.75 Å². The van der Waals surface area contributed by atoms with Gasteiger partial charge in [-0.15, -0.1) is 0 Å². The molecule has 0 radical (unpaired) electrons. The lowest BCUT2D eigenvalue weighted by Gasteiger charge is -2.36. The van der Waals surface area contributed by atoms with Crippen LogP contribution in [0.25, 0.3) is 22.4 Å². The van der Waals surface area contributed by atoms with Crippen molar-refractivity contribution in [3.05, 3.63) is 60.4 Å². The molecule has 1 saturated carbocycles. The molecule has 4 rings (SSSR count). The number of aromatic nitrogens is 1. The summed E-state index contributed by atoms with van der Waals surface area (Å²) < 4.78 is 12.4. The summed E-state index contributed by atoms with van der Waals surface area (Å²) in [4.78, 5) is 18.3. The van der Waals surface area contributed by atoms with E-state index in [1.165, 1.54) is 12.2 Å². The third kappa shape index (κ3) is 4.30. The minimum absolute atomic E-state index is 0.118. The van der Waals surface area contributed by atoms with Crippen LogP contribution in [0, 0.1) is 0 Å². The molecule has 0 atom stereocenters. The van der Waals surface area contributed by atoms with Crippen LogP contribution in [0.15, 0.2) is 59.1 Å². The number of nitrogens with zero attached hydrogens (tertiary/aromatic N) is 2. The molecule has 2 aromatic carbocycles. The fourth-order valence-electron chi connectivity index (χ4n) is 3.86. The van der Waals surface area contributed by atoms with E-state index in [-0.39, 0.29) is 10.9 Å². The number of rotatable bonds is 7. The van der Waals surface area contributed by atoms with E-state index < -0.39 is 13.7 Å². The van der Waals surface area contributed by atoms with Crippen molar-refractivity contribution < 1.29 is 18.6 Å². The van der Waals surface area contributed by atoms with Crippen LogP contribution >= 0.6 is 0 Å². The van der Waals surface area contributed by atoms with E-state index in [9.17, 15) is 4.79 Å². The molecular weight excluding hydrogens is 444 g/mol. The largest absolute Gasteiger partial charge is 0.544 e. The molecule has 0 aliphatic heterocycles. The Balaban J connectivity index is 1.75. The van der Waals surface area contributed by atoms with Crippen LogP contribution in [0.3, 0.4) is 0 Å². The number of carbonyl (C=O) groups is 1. The summed E-state index contributed by atoms with van der Waals surface area (Å²) >= 11 is 0. The minimum Gasteiger partial charge on any atom is -0.544 e. The molecule has 0 bridgehead atoms. The van der Waals surface area contributed by atoms with Gasteiger partial charge in [0.05, 0.1) is 12.7 Å². The highest BCUT2D eigenvalue weighted by Gasteiger charge is 2.57. The second-order valence-electron chi connectivity index (χ2n) is 10.6. The van der Waals surface area contributed by atoms with Gasteiger partial charge in [0, 0.05) is 12.6 Å². The van der Waals surface area contributed by atoms with E-state index in [1.54, 1.807) is 7.05 Å². The quantitative estimate of drug-likeness (QED) is 0.289. The van der Waals surface area contributed by atoms with Crippen molar-refractivity contribution in [2.75, 3.05) is 14.2 Å². The van der Waals surface area contributed by atoms with Gasteiger partial charge in [-0.25, -0.2) is 5.06 Å². The first-order chi connectivity index (χ1) is 16.0. The van der Waals surface area contributed by atoms with Gasteiger partial charge in [-0.05, 0) is 60.8 Å². The molecule has 180 valence electrons. The van der Waals surface area contributed by atoms with Crippen LogP contribution in [0.2, 0.25) is 18.1 Å². The van der Waals surface area contributed by atoms with Gasteiger partial charge in [-0.2, -0.15) is 0 Å². The van der Waals surface area contributed by atoms with Gasteiger partial charge < -0.3 is 8.95 Å². The second kappa shape index (κ2) is 8.71. The van der Waals surface area contributed by atoms with Gasteiger partial charge in [-0.1, -0.05) is 56.3 Å². The summed E-state index contributed by atoms with van der Waals surface area (Å²) in [6.45, 7) is 11.2. The molecule has 6 nitrogen and oxygen atoms in total. The maximum absolute atomic E-state index is 13.1. The van der Waals surface area contributed by atoms with Crippen molar-refractivity contribution in [3.63, 3.8) is 0 Å². The SMILES string of the molecule is CON(C)C(=O)C1(c2onc(-c3ccc(O[Si](C)(C)C(C)(C)C)cc3)c2-c2ccccc2)CC1. The van der Waals surface area contributed by atoms with E-state index >= 15 is 0 Å². The molecule has 0 spiro atoms. The van der Waals surface area contributed by atoms with Crippen molar-refractivity contribution in [2.24, 2.45) is 0 Å². The van der Waals surface area contributed by atoms with E-state index in [2.05, 4.69) is 39.0 Å². The normalized spacial score (nSPS) is 15.1. The molecule has 1 fully saturated rings. The summed E-state index contributed by atoms with van der Waals surface area (Å²) in [5.74, 6) is 1.34. The molecule has 1 aliphatic rings. The fourth-order valence-corrected chi connectivity index (χ4v) is 4.89. The molecular formula is C27H34N2O4Si. The zero-order valence-electron chi connectivity index (χ0n) is 21.1. The second-order valence-corrected chi connectivity index (χ2v) is 15.3. The first-order valence-electron chi connectivity index (χ1n) is 11.7. The Morgan fingerprint density at radius 1 is 1.03 bits per heavy atom. The average molecular weight is 479 g/mol. The third-order valence-electron chi connectivity index (χ3n) is 7.22. The van der Waals surface area contributed by atoms with Gasteiger partial charge in [0.15, 0.2) is 5.76 Å². The van der Waals surface area contributed by atoms with E-state index in [1.807, 2.05) is 54.6 Å². The lowest BCUT2D eigenvalue weighted by Crippen LogP contribution is -2.43. The fraction of sp³-hybridized carbons (Fsp3) is 0.407. The van der Waals surface area contributed by atoms with E-state index in [0.717, 1.165) is 28.1 Å². The highest BCUT2D eigenvalue weighted by Crippen LogP contribution is 2.54. The highest BCUT2D eigenvalue weighted by atomic mass is 28.4. The summed E-state index contributed by atoms with van der Waals surface area (Å²) in [5.41, 5.74) is 2.72. The van der Waals surface area contributed by atoms with Crippen LogP contribution in [0.4, 0.5) is 0 Å². The highest BCUT2D eigenvalue weighted by molar-refractivity contribution is 6.74. The van der Waals surface area contributed by atoms with Crippen molar-refractivity contribution in [2.45, 2.75) is 57.2 Å². The molecule has 0 saturated heterocycles. The molecule has 7 heteroatoms. The Labute approximate surface area is 202 Å². The lowest BCUT2D eigenvalue weighted by atomic mass is 9.91. The van der Waals surface area contributed by atoms with Crippen molar-refractivity contribution in [1.29, 1.82) is 0 Å².